The van der Waals surface area contributed by atoms with Gasteiger partial charge in [0, 0.05) is 5.02 Å². The van der Waals surface area contributed by atoms with E-state index in [1.165, 1.54) is 12.1 Å². The van der Waals surface area contributed by atoms with Crippen LogP contribution in [-0.2, 0) is 9.59 Å². The van der Waals surface area contributed by atoms with Crippen LogP contribution >= 0.6 is 11.6 Å². The number of carbonyl (C=O) groups is 3. The fourth-order valence-corrected chi connectivity index (χ4v) is 4.87. The quantitative estimate of drug-likeness (QED) is 0.757. The normalized spacial score (nSPS) is 26.1. The molecule has 1 aromatic rings. The van der Waals surface area contributed by atoms with Gasteiger partial charge in [0.15, 0.2) is 0 Å². The number of nitriles is 1. The average molecular weight is 403 g/mol. The van der Waals surface area contributed by atoms with Crippen LogP contribution in [0.25, 0.3) is 0 Å². The van der Waals surface area contributed by atoms with E-state index in [4.69, 9.17) is 16.9 Å². The summed E-state index contributed by atoms with van der Waals surface area (Å²) < 4.78 is 0. The predicted molar refractivity (Wildman–Crippen MR) is 105 cm³/mol. The number of rotatable bonds is 3. The number of amides is 4. The topological polar surface area (TPSA) is 102 Å². The molecule has 0 bridgehead atoms. The molecular weight excluding hydrogens is 380 g/mol. The van der Waals surface area contributed by atoms with Crippen LogP contribution in [-0.4, -0.2) is 34.8 Å². The van der Waals surface area contributed by atoms with Crippen molar-refractivity contribution in [2.24, 2.45) is 11.3 Å². The summed E-state index contributed by atoms with van der Waals surface area (Å²) in [4.78, 5) is 39.0. The van der Waals surface area contributed by atoms with E-state index in [-0.39, 0.29) is 28.5 Å². The number of benzene rings is 1. The predicted octanol–water partition coefficient (Wildman–Crippen LogP) is 3.29. The molecule has 148 valence electrons. The first-order valence-corrected chi connectivity index (χ1v) is 9.57. The highest BCUT2D eigenvalue weighted by molar-refractivity contribution is 6.31. The van der Waals surface area contributed by atoms with Gasteiger partial charge in [0.1, 0.15) is 18.2 Å². The Bertz CT molecular complexity index is 892. The number of imide groups is 1. The lowest BCUT2D eigenvalue weighted by Crippen LogP contribution is -2.54. The lowest BCUT2D eigenvalue weighted by Gasteiger charge is -2.43. The molecule has 0 unspecified atom stereocenters. The highest BCUT2D eigenvalue weighted by atomic mass is 35.5. The number of halogens is 1. The van der Waals surface area contributed by atoms with Crippen molar-refractivity contribution in [2.45, 2.75) is 45.6 Å². The Morgan fingerprint density at radius 2 is 2.11 bits per heavy atom. The van der Waals surface area contributed by atoms with Gasteiger partial charge in [-0.3, -0.25) is 14.5 Å². The third kappa shape index (κ3) is 3.83. The molecule has 1 aliphatic heterocycles. The van der Waals surface area contributed by atoms with Gasteiger partial charge in [-0.15, -0.1) is 0 Å². The van der Waals surface area contributed by atoms with Crippen molar-refractivity contribution < 1.29 is 14.4 Å². The van der Waals surface area contributed by atoms with E-state index < -0.39 is 24.0 Å². The van der Waals surface area contributed by atoms with Crippen molar-refractivity contribution in [3.63, 3.8) is 0 Å². The Balaban J connectivity index is 1.76. The van der Waals surface area contributed by atoms with Gasteiger partial charge in [-0.1, -0.05) is 32.4 Å². The van der Waals surface area contributed by atoms with Crippen molar-refractivity contribution in [1.29, 1.82) is 5.26 Å². The van der Waals surface area contributed by atoms with Crippen molar-refractivity contribution in [1.82, 2.24) is 10.2 Å². The summed E-state index contributed by atoms with van der Waals surface area (Å²) in [5, 5.41) is 14.9. The molecule has 1 saturated heterocycles. The molecular formula is C20H23ClN4O3. The molecule has 0 radical (unpaired) electrons. The summed E-state index contributed by atoms with van der Waals surface area (Å²) in [6.45, 7) is 5.82. The van der Waals surface area contributed by atoms with E-state index in [1.807, 2.05) is 6.07 Å². The molecule has 1 heterocycles. The van der Waals surface area contributed by atoms with Crippen LogP contribution in [0.15, 0.2) is 18.2 Å². The Morgan fingerprint density at radius 3 is 2.75 bits per heavy atom. The third-order valence-electron chi connectivity index (χ3n) is 5.30. The minimum absolute atomic E-state index is 0.0820. The minimum Gasteiger partial charge on any atom is -0.323 e. The first-order chi connectivity index (χ1) is 13.0. The van der Waals surface area contributed by atoms with Crippen LogP contribution in [0, 0.1) is 22.7 Å². The lowest BCUT2D eigenvalue weighted by atomic mass is 9.64. The molecule has 1 aliphatic carbocycles. The van der Waals surface area contributed by atoms with Gasteiger partial charge in [0.2, 0.25) is 5.91 Å². The Labute approximate surface area is 169 Å². The molecule has 2 atom stereocenters. The zero-order valence-corrected chi connectivity index (χ0v) is 16.9. The van der Waals surface area contributed by atoms with Crippen LogP contribution < -0.4 is 10.6 Å². The summed E-state index contributed by atoms with van der Waals surface area (Å²) in [7, 11) is 0. The molecule has 1 spiro atoms. The van der Waals surface area contributed by atoms with E-state index in [1.54, 1.807) is 6.07 Å². The van der Waals surface area contributed by atoms with Gasteiger partial charge in [0.05, 0.1) is 11.3 Å². The number of hydrogen-bond donors (Lipinski definition) is 2. The maximum Gasteiger partial charge on any atom is 0.325 e. The molecule has 0 aromatic heterocycles. The number of urea groups is 1. The molecule has 28 heavy (non-hydrogen) atoms. The maximum atomic E-state index is 13.1. The molecule has 2 fully saturated rings. The monoisotopic (exact) mass is 402 g/mol. The summed E-state index contributed by atoms with van der Waals surface area (Å²) in [5.41, 5.74) is -0.545. The molecule has 1 aromatic carbocycles. The highest BCUT2D eigenvalue weighted by Crippen LogP contribution is 2.46. The first kappa shape index (κ1) is 20.2. The van der Waals surface area contributed by atoms with Crippen LogP contribution in [0.1, 0.15) is 45.6 Å². The van der Waals surface area contributed by atoms with Crippen molar-refractivity contribution in [2.75, 3.05) is 11.9 Å². The largest absolute Gasteiger partial charge is 0.325 e. The summed E-state index contributed by atoms with van der Waals surface area (Å²) in [6.07, 6.45) is 2.08. The van der Waals surface area contributed by atoms with Crippen LogP contribution in [0.5, 0.6) is 0 Å². The van der Waals surface area contributed by atoms with Crippen molar-refractivity contribution >= 4 is 35.1 Å². The second-order valence-electron chi connectivity index (χ2n) is 8.61. The summed E-state index contributed by atoms with van der Waals surface area (Å²) in [5.74, 6) is -0.646. The van der Waals surface area contributed by atoms with Gasteiger partial charge in [-0.2, -0.15) is 5.26 Å². The van der Waals surface area contributed by atoms with Crippen molar-refractivity contribution in [3.05, 3.63) is 28.8 Å². The van der Waals surface area contributed by atoms with E-state index in [2.05, 4.69) is 31.4 Å². The lowest BCUT2D eigenvalue weighted by molar-refractivity contribution is -0.136. The second kappa shape index (κ2) is 7.10. The Kier molecular flexibility index (Phi) is 5.11. The summed E-state index contributed by atoms with van der Waals surface area (Å²) in [6, 6.07) is 5.90. The maximum absolute atomic E-state index is 13.1. The first-order valence-electron chi connectivity index (χ1n) is 9.19. The van der Waals surface area contributed by atoms with Crippen LogP contribution in [0.2, 0.25) is 5.02 Å². The smallest absolute Gasteiger partial charge is 0.323 e. The summed E-state index contributed by atoms with van der Waals surface area (Å²) >= 11 is 5.92. The van der Waals surface area contributed by atoms with Crippen molar-refractivity contribution in [3.8, 4) is 6.07 Å². The van der Waals surface area contributed by atoms with E-state index in [0.29, 0.717) is 17.9 Å². The fraction of sp³-hybridized carbons (Fsp3) is 0.500. The average Bonchev–Trinajstić information content (AvgIpc) is 2.76. The second-order valence-corrected chi connectivity index (χ2v) is 9.04. The zero-order valence-electron chi connectivity index (χ0n) is 16.1. The van der Waals surface area contributed by atoms with Gasteiger partial charge in [-0.25, -0.2) is 4.79 Å². The number of anilines is 1. The number of hydrogen-bond acceptors (Lipinski definition) is 4. The third-order valence-corrected chi connectivity index (χ3v) is 5.54. The molecule has 1 saturated carbocycles. The molecule has 2 N–H and O–H groups in total. The van der Waals surface area contributed by atoms with Crippen LogP contribution in [0.3, 0.4) is 0 Å². The molecule has 3 rings (SSSR count). The molecule has 4 amide bonds. The van der Waals surface area contributed by atoms with E-state index in [0.717, 1.165) is 11.3 Å². The number of nitrogens with one attached hydrogen (secondary N) is 2. The van der Waals surface area contributed by atoms with Gasteiger partial charge < -0.3 is 10.6 Å². The van der Waals surface area contributed by atoms with Gasteiger partial charge >= 0.3 is 6.03 Å². The van der Waals surface area contributed by atoms with E-state index in [9.17, 15) is 14.4 Å². The molecule has 2 aliphatic rings. The number of carbonyl (C=O) groups excluding carboxylic acids is 3. The SMILES string of the molecule is C[C@@H]1CC(C)(C)C[C@@]2(C1)NC(=O)N(CC(=O)Nc1cc(Cl)ccc1C#N)C2=O. The minimum atomic E-state index is -0.952. The molecule has 7 nitrogen and oxygen atoms in total. The molecule has 8 heteroatoms. The van der Waals surface area contributed by atoms with E-state index >= 15 is 0 Å². The highest BCUT2D eigenvalue weighted by Gasteiger charge is 2.56. The Morgan fingerprint density at radius 1 is 1.39 bits per heavy atom. The number of nitrogens with zero attached hydrogens (tertiary/aromatic N) is 2. The fourth-order valence-electron chi connectivity index (χ4n) is 4.70. The van der Waals surface area contributed by atoms with Gasteiger partial charge in [-0.05, 0) is 48.8 Å². The zero-order chi connectivity index (χ0) is 20.7. The van der Waals surface area contributed by atoms with Crippen LogP contribution in [0.4, 0.5) is 10.5 Å². The Hall–Kier alpha value is -2.59. The van der Waals surface area contributed by atoms with Gasteiger partial charge in [0.25, 0.3) is 5.91 Å². The standard InChI is InChI=1S/C20H23ClN4O3/c1-12-7-19(2,3)11-20(8-12)17(27)25(18(28)24-20)10-16(26)23-15-6-14(21)5-4-13(15)9-22/h4-6,12H,7-8,10-11H2,1-3H3,(H,23,26)(H,24,28)/t12-,20-/m1/s1.